The highest BCUT2D eigenvalue weighted by molar-refractivity contribution is 6.40. The van der Waals surface area contributed by atoms with E-state index in [1.807, 2.05) is 20.8 Å². The molecule has 0 aliphatic carbocycles. The Balaban J connectivity index is 2.54. The lowest BCUT2D eigenvalue weighted by molar-refractivity contribution is -0.0128. The van der Waals surface area contributed by atoms with Crippen LogP contribution >= 0.6 is 0 Å². The fourth-order valence-corrected chi connectivity index (χ4v) is 1.28. The zero-order valence-corrected chi connectivity index (χ0v) is 8.28. The van der Waals surface area contributed by atoms with Gasteiger partial charge in [0.2, 0.25) is 0 Å². The summed E-state index contributed by atoms with van der Waals surface area (Å²) in [4.78, 5) is 0. The molecular formula is C7H15B2O4. The second-order valence-electron chi connectivity index (χ2n) is 4.09. The summed E-state index contributed by atoms with van der Waals surface area (Å²) in [6.45, 7) is 5.74. The van der Waals surface area contributed by atoms with Crippen LogP contribution in [0, 0.1) is 0 Å². The molecule has 0 amide bonds. The van der Waals surface area contributed by atoms with Crippen molar-refractivity contribution in [3.63, 3.8) is 0 Å². The molecule has 0 bridgehead atoms. The third-order valence-corrected chi connectivity index (χ3v) is 2.80. The normalized spacial score (nSPS) is 31.5. The molecule has 1 radical (unpaired) electrons. The Morgan fingerprint density at radius 2 is 1.85 bits per heavy atom. The molecule has 2 N–H and O–H groups in total. The predicted octanol–water partition coefficient (Wildman–Crippen LogP) is -0.0324. The zero-order valence-electron chi connectivity index (χ0n) is 8.28. The average molecular weight is 185 g/mol. The Hall–Kier alpha value is -0.0301. The molecule has 0 aromatic rings. The van der Waals surface area contributed by atoms with Crippen LogP contribution in [0.15, 0.2) is 0 Å². The molecule has 1 atom stereocenters. The predicted molar refractivity (Wildman–Crippen MR) is 50.0 cm³/mol. The van der Waals surface area contributed by atoms with E-state index in [0.29, 0.717) is 6.42 Å². The Kier molecular flexibility index (Phi) is 3.07. The summed E-state index contributed by atoms with van der Waals surface area (Å²) in [7, 11) is 0.0425. The van der Waals surface area contributed by atoms with E-state index in [1.54, 1.807) is 0 Å². The molecule has 1 unspecified atom stereocenters. The van der Waals surface area contributed by atoms with Gasteiger partial charge in [0.1, 0.15) is 0 Å². The van der Waals surface area contributed by atoms with Crippen molar-refractivity contribution < 1.29 is 19.4 Å². The summed E-state index contributed by atoms with van der Waals surface area (Å²) in [6.07, 6.45) is 0.839. The van der Waals surface area contributed by atoms with Crippen molar-refractivity contribution in [2.45, 2.75) is 44.7 Å². The minimum absolute atomic E-state index is 0.289. The first kappa shape index (κ1) is 11.0. The highest BCUT2D eigenvalue weighted by Gasteiger charge is 2.48. The molecule has 0 aromatic carbocycles. The van der Waals surface area contributed by atoms with Gasteiger partial charge in [-0.15, -0.1) is 0 Å². The number of hydrogen-bond acceptors (Lipinski definition) is 4. The highest BCUT2D eigenvalue weighted by atomic mass is 16.7. The van der Waals surface area contributed by atoms with E-state index in [2.05, 4.69) is 0 Å². The van der Waals surface area contributed by atoms with Crippen molar-refractivity contribution in [3.8, 4) is 0 Å². The van der Waals surface area contributed by atoms with Crippen molar-refractivity contribution in [1.82, 2.24) is 0 Å². The molecule has 0 saturated carbocycles. The van der Waals surface area contributed by atoms with Gasteiger partial charge in [-0.05, 0) is 33.5 Å². The molecule has 13 heavy (non-hydrogen) atoms. The first-order chi connectivity index (χ1) is 5.87. The third kappa shape index (κ3) is 2.26. The molecule has 1 heterocycles. The summed E-state index contributed by atoms with van der Waals surface area (Å²) < 4.78 is 10.6. The maximum Gasteiger partial charge on any atom is 0.488 e. The minimum atomic E-state index is -1.28. The third-order valence-electron chi connectivity index (χ3n) is 2.80. The SMILES string of the molecule is CC1(C)O[B]OC1(C)CCB(O)O. The van der Waals surface area contributed by atoms with E-state index >= 15 is 0 Å². The van der Waals surface area contributed by atoms with Crippen LogP contribution in [-0.2, 0) is 9.31 Å². The van der Waals surface area contributed by atoms with Crippen molar-refractivity contribution in [2.24, 2.45) is 0 Å². The van der Waals surface area contributed by atoms with Gasteiger partial charge >= 0.3 is 14.8 Å². The molecule has 1 fully saturated rings. The lowest BCUT2D eigenvalue weighted by Gasteiger charge is -2.36. The fourth-order valence-electron chi connectivity index (χ4n) is 1.28. The molecule has 0 spiro atoms. The lowest BCUT2D eigenvalue weighted by atomic mass is 9.75. The maximum atomic E-state index is 8.75. The molecule has 73 valence electrons. The Bertz CT molecular complexity index is 185. The standard InChI is InChI=1S/C7H15B2O4/c1-6(2)7(3,13-8-12-6)4-5-9(10)11/h10-11H,4-5H2,1-3H3. The molecular weight excluding hydrogens is 170 g/mol. The number of rotatable bonds is 3. The van der Waals surface area contributed by atoms with E-state index < -0.39 is 18.3 Å². The summed E-state index contributed by atoms with van der Waals surface area (Å²) in [5.74, 6) is 0. The van der Waals surface area contributed by atoms with Crippen molar-refractivity contribution >= 4 is 14.8 Å². The monoisotopic (exact) mass is 185 g/mol. The summed E-state index contributed by atoms with van der Waals surface area (Å²) >= 11 is 0. The smallest absolute Gasteiger partial charge is 0.427 e. The van der Waals surface area contributed by atoms with E-state index in [4.69, 9.17) is 19.4 Å². The van der Waals surface area contributed by atoms with Crippen LogP contribution in [-0.4, -0.2) is 36.1 Å². The Labute approximate surface area is 79.7 Å². The minimum Gasteiger partial charge on any atom is -0.427 e. The van der Waals surface area contributed by atoms with Crippen LogP contribution in [0.5, 0.6) is 0 Å². The molecule has 1 saturated heterocycles. The first-order valence-electron chi connectivity index (χ1n) is 4.41. The Morgan fingerprint density at radius 3 is 2.23 bits per heavy atom. The molecule has 1 aliphatic rings. The second kappa shape index (κ2) is 3.61. The average Bonchev–Trinajstić information content (AvgIpc) is 2.24. The Morgan fingerprint density at radius 1 is 1.23 bits per heavy atom. The van der Waals surface area contributed by atoms with Crippen LogP contribution in [0.2, 0.25) is 6.32 Å². The maximum absolute atomic E-state index is 8.75. The van der Waals surface area contributed by atoms with Crippen molar-refractivity contribution in [3.05, 3.63) is 0 Å². The summed E-state index contributed by atoms with van der Waals surface area (Å²) in [6, 6.07) is 0. The lowest BCUT2D eigenvalue weighted by Crippen LogP contribution is -2.45. The van der Waals surface area contributed by atoms with E-state index in [1.165, 1.54) is 7.69 Å². The van der Waals surface area contributed by atoms with Crippen LogP contribution < -0.4 is 0 Å². The van der Waals surface area contributed by atoms with Gasteiger partial charge in [-0.2, -0.15) is 0 Å². The highest BCUT2D eigenvalue weighted by Crippen LogP contribution is 2.37. The van der Waals surface area contributed by atoms with E-state index in [-0.39, 0.29) is 6.32 Å². The van der Waals surface area contributed by atoms with E-state index in [9.17, 15) is 0 Å². The van der Waals surface area contributed by atoms with Gasteiger partial charge in [0, 0.05) is 0 Å². The van der Waals surface area contributed by atoms with Gasteiger partial charge in [-0.1, -0.05) is 0 Å². The molecule has 1 rings (SSSR count). The fraction of sp³-hybridized carbons (Fsp3) is 1.00. The van der Waals surface area contributed by atoms with Gasteiger partial charge in [0.25, 0.3) is 0 Å². The van der Waals surface area contributed by atoms with Gasteiger partial charge in [-0.3, -0.25) is 0 Å². The van der Waals surface area contributed by atoms with Crippen molar-refractivity contribution in [1.29, 1.82) is 0 Å². The largest absolute Gasteiger partial charge is 0.488 e. The number of hydrogen-bond donors (Lipinski definition) is 2. The van der Waals surface area contributed by atoms with E-state index in [0.717, 1.165) is 0 Å². The van der Waals surface area contributed by atoms with Gasteiger partial charge in [0.15, 0.2) is 0 Å². The summed E-state index contributed by atoms with van der Waals surface area (Å²) in [5, 5.41) is 17.5. The molecule has 0 aromatic heterocycles. The van der Waals surface area contributed by atoms with Crippen LogP contribution in [0.1, 0.15) is 27.2 Å². The van der Waals surface area contributed by atoms with Crippen LogP contribution in [0.3, 0.4) is 0 Å². The van der Waals surface area contributed by atoms with Crippen LogP contribution in [0.25, 0.3) is 0 Å². The quantitative estimate of drug-likeness (QED) is 0.605. The van der Waals surface area contributed by atoms with Gasteiger partial charge < -0.3 is 19.4 Å². The van der Waals surface area contributed by atoms with Gasteiger partial charge in [-0.25, -0.2) is 0 Å². The molecule has 6 heteroatoms. The van der Waals surface area contributed by atoms with Gasteiger partial charge in [0.05, 0.1) is 11.2 Å². The summed E-state index contributed by atoms with van der Waals surface area (Å²) in [5.41, 5.74) is -0.890. The first-order valence-corrected chi connectivity index (χ1v) is 4.41. The molecule has 4 nitrogen and oxygen atoms in total. The van der Waals surface area contributed by atoms with Crippen molar-refractivity contribution in [2.75, 3.05) is 0 Å². The zero-order chi connectivity index (χ0) is 10.1. The second-order valence-corrected chi connectivity index (χ2v) is 4.09. The molecule has 1 aliphatic heterocycles. The van der Waals surface area contributed by atoms with Crippen LogP contribution in [0.4, 0.5) is 0 Å². The topological polar surface area (TPSA) is 58.9 Å².